The lowest BCUT2D eigenvalue weighted by atomic mass is 10.0. The second kappa shape index (κ2) is 9.26. The van der Waals surface area contributed by atoms with E-state index in [2.05, 4.69) is 0 Å². The van der Waals surface area contributed by atoms with Crippen molar-refractivity contribution < 1.29 is 22.7 Å². The number of carbonyl (C=O) groups excluding carboxylic acids is 1. The molecule has 1 saturated heterocycles. The number of para-hydroxylation sites is 1. The van der Waals surface area contributed by atoms with Crippen molar-refractivity contribution >= 4 is 21.6 Å². The van der Waals surface area contributed by atoms with Crippen molar-refractivity contribution in [3.8, 4) is 11.5 Å². The van der Waals surface area contributed by atoms with Crippen LogP contribution in [0.2, 0.25) is 0 Å². The molecule has 0 aromatic heterocycles. The lowest BCUT2D eigenvalue weighted by Gasteiger charge is -2.27. The van der Waals surface area contributed by atoms with E-state index in [9.17, 15) is 13.2 Å². The van der Waals surface area contributed by atoms with Gasteiger partial charge in [-0.05, 0) is 61.2 Å². The summed E-state index contributed by atoms with van der Waals surface area (Å²) in [4.78, 5) is 15.5. The highest BCUT2D eigenvalue weighted by Gasteiger charge is 2.34. The van der Waals surface area contributed by atoms with Crippen LogP contribution < -0.4 is 13.8 Å². The van der Waals surface area contributed by atoms with Crippen LogP contribution in [-0.4, -0.2) is 46.5 Å². The molecule has 182 valence electrons. The van der Waals surface area contributed by atoms with Gasteiger partial charge in [0.15, 0.2) is 0 Å². The van der Waals surface area contributed by atoms with Gasteiger partial charge < -0.3 is 14.4 Å². The van der Waals surface area contributed by atoms with Crippen molar-refractivity contribution in [1.82, 2.24) is 4.90 Å². The normalized spacial score (nSPS) is 17.4. The first-order valence-electron chi connectivity index (χ1n) is 11.7. The molecule has 2 aliphatic heterocycles. The zero-order valence-corrected chi connectivity index (χ0v) is 20.6. The first-order chi connectivity index (χ1) is 16.9. The van der Waals surface area contributed by atoms with E-state index in [0.29, 0.717) is 42.3 Å². The van der Waals surface area contributed by atoms with Gasteiger partial charge in [-0.3, -0.25) is 9.10 Å². The van der Waals surface area contributed by atoms with Crippen LogP contribution in [0.15, 0.2) is 71.6 Å². The third-order valence-electron chi connectivity index (χ3n) is 6.83. The molecule has 3 aromatic carbocycles. The molecule has 1 fully saturated rings. The minimum absolute atomic E-state index is 0.123. The van der Waals surface area contributed by atoms with Crippen molar-refractivity contribution in [3.05, 3.63) is 83.4 Å². The molecule has 0 aliphatic carbocycles. The number of nitrogens with zero attached hydrogens (tertiary/aromatic N) is 2. The summed E-state index contributed by atoms with van der Waals surface area (Å²) in [7, 11) is -0.587. The predicted octanol–water partition coefficient (Wildman–Crippen LogP) is 4.43. The molecule has 1 amide bonds. The average Bonchev–Trinajstić information content (AvgIpc) is 3.56. The number of hydrogen-bond acceptors (Lipinski definition) is 5. The van der Waals surface area contributed by atoms with E-state index in [1.807, 2.05) is 42.5 Å². The van der Waals surface area contributed by atoms with E-state index in [-0.39, 0.29) is 16.8 Å². The van der Waals surface area contributed by atoms with Crippen molar-refractivity contribution in [2.75, 3.05) is 31.6 Å². The summed E-state index contributed by atoms with van der Waals surface area (Å²) in [5.74, 6) is 1.16. The molecule has 0 bridgehead atoms. The second-order valence-corrected chi connectivity index (χ2v) is 10.6. The van der Waals surface area contributed by atoms with Crippen LogP contribution >= 0.6 is 0 Å². The molecule has 0 N–H and O–H groups in total. The molecule has 8 heteroatoms. The number of hydrogen-bond donors (Lipinski definition) is 0. The highest BCUT2D eigenvalue weighted by molar-refractivity contribution is 7.92. The van der Waals surface area contributed by atoms with Crippen LogP contribution in [0.3, 0.4) is 0 Å². The molecular formula is C27H28N2O5S. The maximum absolute atomic E-state index is 13.6. The molecule has 0 saturated carbocycles. The topological polar surface area (TPSA) is 76.2 Å². The fraction of sp³-hybridized carbons (Fsp3) is 0.296. The Morgan fingerprint density at radius 1 is 0.943 bits per heavy atom. The van der Waals surface area contributed by atoms with E-state index in [0.717, 1.165) is 24.0 Å². The van der Waals surface area contributed by atoms with Gasteiger partial charge in [0.05, 0.1) is 30.8 Å². The summed E-state index contributed by atoms with van der Waals surface area (Å²) in [6, 6.07) is 19.4. The third-order valence-corrected chi connectivity index (χ3v) is 8.64. The summed E-state index contributed by atoms with van der Waals surface area (Å²) in [5, 5.41) is 0. The van der Waals surface area contributed by atoms with Crippen molar-refractivity contribution in [2.45, 2.75) is 30.2 Å². The smallest absolute Gasteiger partial charge is 0.264 e. The highest BCUT2D eigenvalue weighted by atomic mass is 32.2. The molecule has 3 aromatic rings. The summed E-state index contributed by atoms with van der Waals surface area (Å²) in [6.07, 6.45) is 2.33. The first kappa shape index (κ1) is 23.2. The number of carbonyl (C=O) groups is 1. The van der Waals surface area contributed by atoms with E-state index in [4.69, 9.17) is 9.47 Å². The fourth-order valence-electron chi connectivity index (χ4n) is 5.07. The molecule has 7 nitrogen and oxygen atoms in total. The number of amides is 1. The number of likely N-dealkylation sites (tertiary alicyclic amines) is 1. The SMILES string of the molecule is COc1ccc([C@@H]2CCCN2C(=O)c2cccc(S(=O)(=O)N3CCc4ccccc43)c2)c(OC)c1. The zero-order valence-electron chi connectivity index (χ0n) is 19.8. The Hall–Kier alpha value is -3.52. The van der Waals surface area contributed by atoms with Crippen LogP contribution in [0, 0.1) is 0 Å². The predicted molar refractivity (Wildman–Crippen MR) is 134 cm³/mol. The molecule has 0 spiro atoms. The van der Waals surface area contributed by atoms with Gasteiger partial charge in [0.2, 0.25) is 0 Å². The monoisotopic (exact) mass is 492 g/mol. The van der Waals surface area contributed by atoms with Gasteiger partial charge in [-0.15, -0.1) is 0 Å². The first-order valence-corrected chi connectivity index (χ1v) is 13.1. The van der Waals surface area contributed by atoms with Gasteiger partial charge in [0.25, 0.3) is 15.9 Å². The summed E-state index contributed by atoms with van der Waals surface area (Å²) in [6.45, 7) is 0.987. The van der Waals surface area contributed by atoms with E-state index in [1.165, 1.54) is 10.4 Å². The molecule has 1 atom stereocenters. The van der Waals surface area contributed by atoms with Gasteiger partial charge in [-0.25, -0.2) is 8.42 Å². The van der Waals surface area contributed by atoms with Gasteiger partial charge in [-0.1, -0.05) is 24.3 Å². The lowest BCUT2D eigenvalue weighted by Crippen LogP contribution is -2.32. The highest BCUT2D eigenvalue weighted by Crippen LogP contribution is 2.40. The number of fused-ring (bicyclic) bond motifs is 1. The van der Waals surface area contributed by atoms with E-state index < -0.39 is 10.0 Å². The Kier molecular flexibility index (Phi) is 6.15. The largest absolute Gasteiger partial charge is 0.497 e. The van der Waals surface area contributed by atoms with Crippen LogP contribution in [0.1, 0.15) is 40.4 Å². The lowest BCUT2D eigenvalue weighted by molar-refractivity contribution is 0.0734. The third kappa shape index (κ3) is 4.12. The number of rotatable bonds is 6. The minimum atomic E-state index is -3.79. The Bertz CT molecular complexity index is 1370. The number of methoxy groups -OCH3 is 2. The fourth-order valence-corrected chi connectivity index (χ4v) is 6.62. The van der Waals surface area contributed by atoms with Gasteiger partial charge in [-0.2, -0.15) is 0 Å². The Morgan fingerprint density at radius 3 is 2.57 bits per heavy atom. The Morgan fingerprint density at radius 2 is 1.77 bits per heavy atom. The van der Waals surface area contributed by atoms with E-state index >= 15 is 0 Å². The van der Waals surface area contributed by atoms with Gasteiger partial charge in [0.1, 0.15) is 11.5 Å². The van der Waals surface area contributed by atoms with Crippen LogP contribution in [0.4, 0.5) is 5.69 Å². The second-order valence-electron chi connectivity index (χ2n) is 8.75. The summed E-state index contributed by atoms with van der Waals surface area (Å²) in [5.41, 5.74) is 2.99. The minimum Gasteiger partial charge on any atom is -0.497 e. The zero-order chi connectivity index (χ0) is 24.6. The Labute approximate surface area is 205 Å². The van der Waals surface area contributed by atoms with Gasteiger partial charge >= 0.3 is 0 Å². The standard InChI is InChI=1S/C27H28N2O5S/c1-33-21-12-13-23(26(18-21)34-2)25-11-6-15-28(25)27(30)20-8-5-9-22(17-20)35(31,32)29-16-14-19-7-3-4-10-24(19)29/h3-5,7-10,12-13,17-18,25H,6,11,14-16H2,1-2H3/t25-/m0/s1. The van der Waals surface area contributed by atoms with Gasteiger partial charge in [0, 0.05) is 30.3 Å². The van der Waals surface area contributed by atoms with Crippen LogP contribution in [-0.2, 0) is 16.4 Å². The molecule has 5 rings (SSSR count). The van der Waals surface area contributed by atoms with Crippen molar-refractivity contribution in [2.24, 2.45) is 0 Å². The number of sulfonamides is 1. The Balaban J connectivity index is 1.44. The molecule has 35 heavy (non-hydrogen) atoms. The quantitative estimate of drug-likeness (QED) is 0.509. The number of anilines is 1. The van der Waals surface area contributed by atoms with Crippen molar-refractivity contribution in [3.63, 3.8) is 0 Å². The van der Waals surface area contributed by atoms with E-state index in [1.54, 1.807) is 37.3 Å². The molecule has 0 unspecified atom stereocenters. The number of ether oxygens (including phenoxy) is 2. The molecule has 2 aliphatic rings. The van der Waals surface area contributed by atoms with Crippen LogP contribution in [0.5, 0.6) is 11.5 Å². The average molecular weight is 493 g/mol. The molecular weight excluding hydrogens is 464 g/mol. The summed E-state index contributed by atoms with van der Waals surface area (Å²) >= 11 is 0. The number of benzene rings is 3. The van der Waals surface area contributed by atoms with Crippen LogP contribution in [0.25, 0.3) is 0 Å². The van der Waals surface area contributed by atoms with Crippen molar-refractivity contribution in [1.29, 1.82) is 0 Å². The molecule has 0 radical (unpaired) electrons. The maximum Gasteiger partial charge on any atom is 0.264 e. The molecule has 2 heterocycles. The summed E-state index contributed by atoms with van der Waals surface area (Å²) < 4.78 is 39.3. The maximum atomic E-state index is 13.6.